The maximum atomic E-state index is 14.1. The molecule has 0 radical (unpaired) electrons. The molecule has 2 fully saturated rings. The van der Waals surface area contributed by atoms with Crippen LogP contribution in [0.3, 0.4) is 0 Å². The number of benzene rings is 2. The third-order valence-corrected chi connectivity index (χ3v) is 11.3. The number of hydrogen-bond acceptors (Lipinski definition) is 10. The predicted octanol–water partition coefficient (Wildman–Crippen LogP) is 7.08. The maximum Gasteiger partial charge on any atom is 0.410 e. The summed E-state index contributed by atoms with van der Waals surface area (Å²) in [4.78, 5) is 24.2. The minimum Gasteiger partial charge on any atom is -0.492 e. The van der Waals surface area contributed by atoms with Gasteiger partial charge in [0.15, 0.2) is 0 Å². The molecule has 1 saturated carbocycles. The molecular formula is C44H61N3O8. The van der Waals surface area contributed by atoms with Crippen LogP contribution in [0, 0.1) is 17.8 Å². The number of fused-ring (bicyclic) bond motifs is 2. The van der Waals surface area contributed by atoms with Crippen LogP contribution in [-0.2, 0) is 20.9 Å². The molecule has 0 spiro atoms. The number of unbranched alkanes of at least 4 members (excludes halogenated alkanes) is 2. The molecule has 2 aromatic carbocycles. The van der Waals surface area contributed by atoms with E-state index in [4.69, 9.17) is 28.9 Å². The van der Waals surface area contributed by atoms with Crippen LogP contribution in [0.5, 0.6) is 11.5 Å². The van der Waals surface area contributed by atoms with Gasteiger partial charge >= 0.3 is 6.09 Å². The highest BCUT2D eigenvalue weighted by atomic mass is 16.7. The molecule has 300 valence electrons. The number of hydrogen-bond donors (Lipinski definition) is 2. The number of oxime groups is 1. The van der Waals surface area contributed by atoms with Crippen molar-refractivity contribution in [3.8, 4) is 11.5 Å². The Morgan fingerprint density at radius 3 is 2.51 bits per heavy atom. The molecular weight excluding hydrogens is 698 g/mol. The van der Waals surface area contributed by atoms with E-state index < -0.39 is 29.4 Å². The van der Waals surface area contributed by atoms with Crippen molar-refractivity contribution in [1.29, 1.82) is 0 Å². The smallest absolute Gasteiger partial charge is 0.410 e. The van der Waals surface area contributed by atoms with E-state index in [-0.39, 0.29) is 44.2 Å². The van der Waals surface area contributed by atoms with Gasteiger partial charge in [-0.25, -0.2) is 4.79 Å². The van der Waals surface area contributed by atoms with Crippen LogP contribution in [0.4, 0.5) is 4.79 Å². The minimum atomic E-state index is -1.34. The maximum absolute atomic E-state index is 14.1. The molecule has 11 nitrogen and oxygen atoms in total. The van der Waals surface area contributed by atoms with Crippen LogP contribution in [0.2, 0.25) is 0 Å². The van der Waals surface area contributed by atoms with Gasteiger partial charge in [0.2, 0.25) is 5.79 Å². The zero-order valence-corrected chi connectivity index (χ0v) is 33.2. The van der Waals surface area contributed by atoms with Gasteiger partial charge in [-0.2, -0.15) is 0 Å². The highest BCUT2D eigenvalue weighted by Crippen LogP contribution is 2.61. The van der Waals surface area contributed by atoms with Gasteiger partial charge in [0, 0.05) is 57.8 Å². The molecule has 2 aliphatic heterocycles. The number of ether oxygens (including phenoxy) is 4. The molecule has 2 aliphatic carbocycles. The van der Waals surface area contributed by atoms with Gasteiger partial charge < -0.3 is 38.9 Å². The van der Waals surface area contributed by atoms with E-state index in [1.54, 1.807) is 18.0 Å². The number of aliphatic hydroxyl groups is 2. The number of carbonyl (C=O) groups excluding carboxylic acids is 1. The Hall–Kier alpha value is -3.90. The van der Waals surface area contributed by atoms with E-state index in [0.717, 1.165) is 73.5 Å². The largest absolute Gasteiger partial charge is 0.492 e. The first kappa shape index (κ1) is 40.8. The number of amides is 1. The van der Waals surface area contributed by atoms with Gasteiger partial charge in [-0.1, -0.05) is 60.5 Å². The second kappa shape index (κ2) is 18.4. The zero-order chi connectivity index (χ0) is 39.0. The van der Waals surface area contributed by atoms with Crippen molar-refractivity contribution in [2.45, 2.75) is 95.7 Å². The molecule has 1 amide bonds. The van der Waals surface area contributed by atoms with Crippen molar-refractivity contribution in [3.63, 3.8) is 0 Å². The summed E-state index contributed by atoms with van der Waals surface area (Å²) in [5, 5.41) is 24.5. The topological polar surface area (TPSA) is 122 Å². The van der Waals surface area contributed by atoms with Gasteiger partial charge in [-0.05, 0) is 87.6 Å². The van der Waals surface area contributed by atoms with Gasteiger partial charge in [0.05, 0.1) is 18.2 Å². The van der Waals surface area contributed by atoms with Crippen LogP contribution >= 0.6 is 0 Å². The molecule has 2 N–H and O–H groups in total. The van der Waals surface area contributed by atoms with Crippen molar-refractivity contribution in [3.05, 3.63) is 84.0 Å². The number of carbonyl (C=O) groups is 1. The van der Waals surface area contributed by atoms with Crippen LogP contribution in [0.25, 0.3) is 0 Å². The third kappa shape index (κ3) is 9.74. The Morgan fingerprint density at radius 2 is 1.82 bits per heavy atom. The predicted molar refractivity (Wildman–Crippen MR) is 212 cm³/mol. The molecule has 55 heavy (non-hydrogen) atoms. The molecule has 6 rings (SSSR count). The van der Waals surface area contributed by atoms with Crippen LogP contribution in [0.1, 0.15) is 82.8 Å². The standard InChI is InChI=1S/C44H61N3O8/c1-6-25-53-44-39(46(5)42(50)52-30-31-14-8-7-9-15-31)29-37(45-55-43(2,3)4)35-27-32(16-10-12-23-48)34(17-11-13-24-49)40(41(35)44)36-28-33(18-19-38(36)54-44)51-26-22-47-20-21-47/h6-9,14-15,18-19,27-28,32,34,39-41,48-49H,1,10-13,16-17,20-26,29-30H2,2-5H3. The fourth-order valence-corrected chi connectivity index (χ4v) is 8.54. The third-order valence-electron chi connectivity index (χ3n) is 11.3. The average Bonchev–Trinajstić information content (AvgIpc) is 4.01. The van der Waals surface area contributed by atoms with Crippen molar-refractivity contribution in [2.75, 3.05) is 53.1 Å². The summed E-state index contributed by atoms with van der Waals surface area (Å²) in [5.41, 5.74) is 3.10. The molecule has 6 unspecified atom stereocenters. The average molecular weight is 760 g/mol. The lowest BCUT2D eigenvalue weighted by Gasteiger charge is -2.59. The number of nitrogens with zero attached hydrogens (tertiary/aromatic N) is 3. The number of likely N-dealkylation sites (N-methyl/N-ethyl adjacent to an activating group) is 1. The van der Waals surface area contributed by atoms with Gasteiger partial charge in [-0.3, -0.25) is 4.90 Å². The molecule has 2 heterocycles. The molecule has 0 aromatic heterocycles. The first-order chi connectivity index (χ1) is 26.6. The second-order valence-corrected chi connectivity index (χ2v) is 16.3. The molecule has 1 saturated heterocycles. The highest BCUT2D eigenvalue weighted by Gasteiger charge is 2.65. The molecule has 11 heteroatoms. The SMILES string of the molecule is C=CCOC12Oc3ccc(OCCN4CC4)cc3C3C(CCCCO)C(CCCCO)C=C(C(=NOC(C)(C)C)CC1N(C)C(=O)OCc1ccccc1)C32. The summed E-state index contributed by atoms with van der Waals surface area (Å²) < 4.78 is 26.5. The molecule has 6 atom stereocenters. The summed E-state index contributed by atoms with van der Waals surface area (Å²) in [6.07, 6.45) is 8.71. The van der Waals surface area contributed by atoms with Crippen LogP contribution < -0.4 is 9.47 Å². The van der Waals surface area contributed by atoms with Crippen molar-refractivity contribution in [2.24, 2.45) is 22.9 Å². The summed E-state index contributed by atoms with van der Waals surface area (Å²) in [6, 6.07) is 15.0. The second-order valence-electron chi connectivity index (χ2n) is 16.3. The van der Waals surface area contributed by atoms with E-state index in [1.165, 1.54) is 0 Å². The Labute approximate surface area is 326 Å². The number of rotatable bonds is 19. The van der Waals surface area contributed by atoms with Crippen molar-refractivity contribution in [1.82, 2.24) is 9.80 Å². The molecule has 2 aromatic rings. The van der Waals surface area contributed by atoms with E-state index in [1.807, 2.05) is 63.2 Å². The van der Waals surface area contributed by atoms with Crippen LogP contribution in [0.15, 0.2) is 78.0 Å². The van der Waals surface area contributed by atoms with Crippen molar-refractivity contribution >= 4 is 11.8 Å². The monoisotopic (exact) mass is 759 g/mol. The summed E-state index contributed by atoms with van der Waals surface area (Å²) in [7, 11) is 1.74. The molecule has 4 aliphatic rings. The molecule has 0 bridgehead atoms. The van der Waals surface area contributed by atoms with E-state index in [0.29, 0.717) is 31.6 Å². The lowest BCUT2D eigenvalue weighted by atomic mass is 9.55. The fourth-order valence-electron chi connectivity index (χ4n) is 8.54. The summed E-state index contributed by atoms with van der Waals surface area (Å²) in [6.45, 7) is 14.2. The lowest BCUT2D eigenvalue weighted by molar-refractivity contribution is -0.253. The Kier molecular flexibility index (Phi) is 13.6. The highest BCUT2D eigenvalue weighted by molar-refractivity contribution is 6.03. The minimum absolute atomic E-state index is 0.120. The Balaban J connectivity index is 1.50. The summed E-state index contributed by atoms with van der Waals surface area (Å²) >= 11 is 0. The van der Waals surface area contributed by atoms with Crippen molar-refractivity contribution < 1.29 is 38.8 Å². The van der Waals surface area contributed by atoms with Gasteiger partial charge in [0.1, 0.15) is 36.4 Å². The Bertz CT molecular complexity index is 1650. The van der Waals surface area contributed by atoms with E-state index in [9.17, 15) is 15.0 Å². The first-order valence-electron chi connectivity index (χ1n) is 20.1. The fraction of sp³-hybridized carbons (Fsp3) is 0.591. The quantitative estimate of drug-likeness (QED) is 0.0670. The number of allylic oxidation sites excluding steroid dienone is 1. The number of aliphatic hydroxyl groups excluding tert-OH is 2. The first-order valence-corrected chi connectivity index (χ1v) is 20.1. The van der Waals surface area contributed by atoms with Gasteiger partial charge in [0.25, 0.3) is 0 Å². The zero-order valence-electron chi connectivity index (χ0n) is 33.2. The van der Waals surface area contributed by atoms with E-state index in [2.05, 4.69) is 23.6 Å². The van der Waals surface area contributed by atoms with Gasteiger partial charge in [-0.15, -0.1) is 6.58 Å². The van der Waals surface area contributed by atoms with E-state index >= 15 is 0 Å². The lowest BCUT2D eigenvalue weighted by Crippen LogP contribution is -2.69. The Morgan fingerprint density at radius 1 is 1.07 bits per heavy atom. The normalized spacial score (nSPS) is 26.3. The summed E-state index contributed by atoms with van der Waals surface area (Å²) in [5.74, 6) is -0.129. The van der Waals surface area contributed by atoms with Crippen LogP contribution in [-0.4, -0.2) is 102 Å².